The second kappa shape index (κ2) is 8.19. The highest BCUT2D eigenvalue weighted by molar-refractivity contribution is 5.93. The average molecular weight is 306 g/mol. The molecule has 0 aromatic carbocycles. The van der Waals surface area contributed by atoms with Gasteiger partial charge in [0, 0.05) is 32.1 Å². The van der Waals surface area contributed by atoms with E-state index in [2.05, 4.69) is 34.0 Å². The van der Waals surface area contributed by atoms with E-state index in [1.807, 2.05) is 6.92 Å². The van der Waals surface area contributed by atoms with Gasteiger partial charge in [0.15, 0.2) is 0 Å². The van der Waals surface area contributed by atoms with E-state index in [1.54, 1.807) is 18.5 Å². The van der Waals surface area contributed by atoms with E-state index in [9.17, 15) is 4.79 Å². The fourth-order valence-electron chi connectivity index (χ4n) is 2.50. The van der Waals surface area contributed by atoms with Crippen LogP contribution in [0.2, 0.25) is 0 Å². The van der Waals surface area contributed by atoms with E-state index in [4.69, 9.17) is 4.74 Å². The van der Waals surface area contributed by atoms with Crippen LogP contribution in [0.25, 0.3) is 0 Å². The van der Waals surface area contributed by atoms with E-state index in [0.717, 1.165) is 32.5 Å². The number of carbonyl (C=O) groups excluding carboxylic acids is 1. The lowest BCUT2D eigenvalue weighted by molar-refractivity contribution is -0.122. The molecular weight excluding hydrogens is 280 g/mol. The van der Waals surface area contributed by atoms with Gasteiger partial charge in [-0.3, -0.25) is 15.0 Å². The molecule has 1 N–H and O–H groups in total. The van der Waals surface area contributed by atoms with Crippen molar-refractivity contribution in [1.82, 2.24) is 14.9 Å². The van der Waals surface area contributed by atoms with Crippen molar-refractivity contribution in [2.24, 2.45) is 5.92 Å². The largest absolute Gasteiger partial charge is 0.378 e. The first-order chi connectivity index (χ1) is 10.6. The van der Waals surface area contributed by atoms with Crippen LogP contribution in [0.1, 0.15) is 33.6 Å². The number of aromatic nitrogens is 2. The number of hydrogen-bond donors (Lipinski definition) is 1. The molecule has 0 aliphatic carbocycles. The van der Waals surface area contributed by atoms with Crippen LogP contribution in [0.5, 0.6) is 0 Å². The van der Waals surface area contributed by atoms with Crippen molar-refractivity contribution < 1.29 is 9.53 Å². The molecule has 6 heteroatoms. The summed E-state index contributed by atoms with van der Waals surface area (Å²) in [5.74, 6) is 0.857. The average Bonchev–Trinajstić information content (AvgIpc) is 2.53. The van der Waals surface area contributed by atoms with Crippen molar-refractivity contribution >= 4 is 11.9 Å². The number of nitrogens with zero attached hydrogens (tertiary/aromatic N) is 3. The Morgan fingerprint density at radius 2 is 1.95 bits per heavy atom. The Hall–Kier alpha value is -1.53. The van der Waals surface area contributed by atoms with Crippen LogP contribution in [0.3, 0.4) is 0 Å². The molecule has 0 unspecified atom stereocenters. The predicted molar refractivity (Wildman–Crippen MR) is 85.5 cm³/mol. The molecule has 1 aliphatic heterocycles. The Labute approximate surface area is 132 Å². The molecule has 0 saturated carbocycles. The molecule has 1 aromatic heterocycles. The summed E-state index contributed by atoms with van der Waals surface area (Å²) in [6.07, 6.45) is 5.51. The van der Waals surface area contributed by atoms with Gasteiger partial charge in [0.25, 0.3) is 0 Å². The molecule has 2 heterocycles. The van der Waals surface area contributed by atoms with Crippen molar-refractivity contribution in [3.63, 3.8) is 0 Å². The van der Waals surface area contributed by atoms with Gasteiger partial charge >= 0.3 is 0 Å². The molecule has 0 spiro atoms. The highest BCUT2D eigenvalue weighted by Gasteiger charge is 2.27. The summed E-state index contributed by atoms with van der Waals surface area (Å²) < 4.78 is 5.88. The quantitative estimate of drug-likeness (QED) is 0.870. The third-order valence-electron chi connectivity index (χ3n) is 3.87. The van der Waals surface area contributed by atoms with Crippen LogP contribution >= 0.6 is 0 Å². The first kappa shape index (κ1) is 16.8. The number of likely N-dealkylation sites (tertiary alicyclic amines) is 1. The van der Waals surface area contributed by atoms with Crippen LogP contribution in [0.15, 0.2) is 18.5 Å². The first-order valence-electron chi connectivity index (χ1n) is 7.99. The summed E-state index contributed by atoms with van der Waals surface area (Å²) in [7, 11) is 0. The zero-order chi connectivity index (χ0) is 15.9. The molecule has 0 radical (unpaired) electrons. The van der Waals surface area contributed by atoms with Crippen molar-refractivity contribution in [3.8, 4) is 0 Å². The summed E-state index contributed by atoms with van der Waals surface area (Å²) in [6.45, 7) is 8.82. The van der Waals surface area contributed by atoms with Gasteiger partial charge < -0.3 is 4.74 Å². The number of nitrogens with one attached hydrogen (secondary N) is 1. The lowest BCUT2D eigenvalue weighted by Gasteiger charge is -2.35. The van der Waals surface area contributed by atoms with E-state index in [1.165, 1.54) is 0 Å². The zero-order valence-electron chi connectivity index (χ0n) is 13.7. The molecule has 1 fully saturated rings. The molecule has 6 nitrogen and oxygen atoms in total. The van der Waals surface area contributed by atoms with Crippen molar-refractivity contribution in [3.05, 3.63) is 18.5 Å². The minimum absolute atomic E-state index is 0.0623. The normalized spacial score (nSPS) is 18.4. The maximum Gasteiger partial charge on any atom is 0.243 e. The number of piperidine rings is 1. The molecule has 1 aliphatic rings. The number of amides is 1. The van der Waals surface area contributed by atoms with Gasteiger partial charge in [0.2, 0.25) is 11.9 Å². The Balaban J connectivity index is 1.77. The Morgan fingerprint density at radius 1 is 1.32 bits per heavy atom. The SMILES string of the molecule is CC(C)COC1CCN([C@H](C)C(=O)Nc2ncccn2)CC1. The number of carbonyl (C=O) groups is 1. The minimum Gasteiger partial charge on any atom is -0.378 e. The van der Waals surface area contributed by atoms with Crippen LogP contribution in [0.4, 0.5) is 5.95 Å². The molecule has 22 heavy (non-hydrogen) atoms. The van der Waals surface area contributed by atoms with Crippen molar-refractivity contribution in [1.29, 1.82) is 0 Å². The van der Waals surface area contributed by atoms with Crippen LogP contribution < -0.4 is 5.32 Å². The van der Waals surface area contributed by atoms with Gasteiger partial charge in [-0.25, -0.2) is 9.97 Å². The zero-order valence-corrected chi connectivity index (χ0v) is 13.7. The monoisotopic (exact) mass is 306 g/mol. The number of hydrogen-bond acceptors (Lipinski definition) is 5. The van der Waals surface area contributed by atoms with Gasteiger partial charge in [0.05, 0.1) is 12.1 Å². The van der Waals surface area contributed by atoms with Gasteiger partial charge in [-0.15, -0.1) is 0 Å². The Bertz CT molecular complexity index is 458. The fraction of sp³-hybridized carbons (Fsp3) is 0.688. The Morgan fingerprint density at radius 3 is 2.55 bits per heavy atom. The molecular formula is C16H26N4O2. The summed E-state index contributed by atoms with van der Waals surface area (Å²) in [4.78, 5) is 22.5. The molecule has 0 bridgehead atoms. The number of anilines is 1. The van der Waals surface area contributed by atoms with E-state index < -0.39 is 0 Å². The summed E-state index contributed by atoms with van der Waals surface area (Å²) in [5, 5.41) is 2.76. The molecule has 1 aromatic rings. The third kappa shape index (κ3) is 5.03. The molecule has 2 rings (SSSR count). The maximum absolute atomic E-state index is 12.2. The maximum atomic E-state index is 12.2. The highest BCUT2D eigenvalue weighted by atomic mass is 16.5. The van der Waals surface area contributed by atoms with E-state index >= 15 is 0 Å². The summed E-state index contributed by atoms with van der Waals surface area (Å²) in [5.41, 5.74) is 0. The van der Waals surface area contributed by atoms with Gasteiger partial charge in [-0.05, 0) is 31.7 Å². The van der Waals surface area contributed by atoms with Crippen molar-refractivity contribution in [2.45, 2.75) is 45.8 Å². The molecule has 1 amide bonds. The lowest BCUT2D eigenvalue weighted by Crippen LogP contribution is -2.47. The Kier molecular flexibility index (Phi) is 6.27. The van der Waals surface area contributed by atoms with E-state index in [0.29, 0.717) is 18.0 Å². The van der Waals surface area contributed by atoms with Gasteiger partial charge in [0.1, 0.15) is 0 Å². The van der Waals surface area contributed by atoms with Crippen molar-refractivity contribution in [2.75, 3.05) is 25.0 Å². The van der Waals surface area contributed by atoms with Gasteiger partial charge in [-0.2, -0.15) is 0 Å². The minimum atomic E-state index is -0.185. The second-order valence-electron chi connectivity index (χ2n) is 6.20. The lowest BCUT2D eigenvalue weighted by atomic mass is 10.1. The summed E-state index contributed by atoms with van der Waals surface area (Å²) in [6, 6.07) is 1.54. The molecule has 1 saturated heterocycles. The standard InChI is InChI=1S/C16H26N4O2/c1-12(2)11-22-14-5-9-20(10-6-14)13(3)15(21)19-16-17-7-4-8-18-16/h4,7-8,12-14H,5-6,9-11H2,1-3H3,(H,17,18,19,21)/t13-/m1/s1. The fourth-order valence-corrected chi connectivity index (χ4v) is 2.50. The van der Waals surface area contributed by atoms with Crippen LogP contribution in [-0.4, -0.2) is 52.6 Å². The highest BCUT2D eigenvalue weighted by Crippen LogP contribution is 2.17. The third-order valence-corrected chi connectivity index (χ3v) is 3.87. The van der Waals surface area contributed by atoms with E-state index in [-0.39, 0.29) is 11.9 Å². The van der Waals surface area contributed by atoms with Crippen LogP contribution in [0, 0.1) is 5.92 Å². The van der Waals surface area contributed by atoms with Gasteiger partial charge in [-0.1, -0.05) is 13.8 Å². The smallest absolute Gasteiger partial charge is 0.243 e. The summed E-state index contributed by atoms with van der Waals surface area (Å²) >= 11 is 0. The second-order valence-corrected chi connectivity index (χ2v) is 6.20. The first-order valence-corrected chi connectivity index (χ1v) is 7.99. The predicted octanol–water partition coefficient (Wildman–Crippen LogP) is 1.94. The molecule has 1 atom stereocenters. The number of ether oxygens (including phenoxy) is 1. The molecule has 122 valence electrons. The number of rotatable bonds is 6. The van der Waals surface area contributed by atoms with Crippen LogP contribution in [-0.2, 0) is 9.53 Å². The topological polar surface area (TPSA) is 67.3 Å².